The van der Waals surface area contributed by atoms with Crippen LogP contribution >= 0.6 is 0 Å². The first-order chi connectivity index (χ1) is 35.0. The second-order valence-corrected chi connectivity index (χ2v) is 19.9. The number of likely N-dealkylation sites (tertiary alicyclic amines) is 2. The lowest BCUT2D eigenvalue weighted by Crippen LogP contribution is -2.51. The number of aromatic amines is 2. The van der Waals surface area contributed by atoms with Gasteiger partial charge in [0.1, 0.15) is 23.7 Å². The third-order valence-corrected chi connectivity index (χ3v) is 14.9. The fourth-order valence-corrected chi connectivity index (χ4v) is 11.2. The predicted octanol–water partition coefficient (Wildman–Crippen LogP) is 10.0. The number of carbonyl (C=O) groups excluding carboxylic acids is 4. The van der Waals surface area contributed by atoms with E-state index in [9.17, 15) is 19.2 Å². The third kappa shape index (κ3) is 9.55. The van der Waals surface area contributed by atoms with Crippen molar-refractivity contribution in [2.75, 3.05) is 40.5 Å². The second kappa shape index (κ2) is 20.7. The number of ether oxygens (including phenoxy) is 3. The molecule has 7 aromatic rings. The molecular formula is C57H62N8O7. The summed E-state index contributed by atoms with van der Waals surface area (Å²) in [5.74, 6) is 7.95. The van der Waals surface area contributed by atoms with Crippen molar-refractivity contribution in [3.05, 3.63) is 108 Å². The average molecular weight is 971 g/mol. The van der Waals surface area contributed by atoms with Crippen LogP contribution < -0.4 is 10.6 Å². The molecule has 3 aliphatic rings. The van der Waals surface area contributed by atoms with Crippen LogP contribution in [0.3, 0.4) is 0 Å². The summed E-state index contributed by atoms with van der Waals surface area (Å²) in [4.78, 5) is 74.7. The Morgan fingerprint density at radius 2 is 1.39 bits per heavy atom. The van der Waals surface area contributed by atoms with Gasteiger partial charge in [0, 0.05) is 47.3 Å². The lowest BCUT2D eigenvalue weighted by atomic mass is 9.95. The Bertz CT molecular complexity index is 3240. The lowest BCUT2D eigenvalue weighted by Gasteiger charge is -2.29. The van der Waals surface area contributed by atoms with Gasteiger partial charge in [-0.05, 0) is 97.2 Å². The summed E-state index contributed by atoms with van der Waals surface area (Å²) >= 11 is 0. The molecule has 5 aromatic carbocycles. The molecule has 15 heteroatoms. The molecule has 0 spiro atoms. The molecule has 0 radical (unpaired) electrons. The molecule has 1 saturated carbocycles. The summed E-state index contributed by atoms with van der Waals surface area (Å²) in [5.41, 5.74) is 6.89. The number of fused-ring (bicyclic) bond motifs is 6. The summed E-state index contributed by atoms with van der Waals surface area (Å²) in [7, 11) is 2.59. The zero-order valence-electron chi connectivity index (χ0n) is 41.5. The molecule has 5 atom stereocenters. The highest BCUT2D eigenvalue weighted by atomic mass is 16.5. The monoisotopic (exact) mass is 970 g/mol. The number of aromatic nitrogens is 4. The zero-order chi connectivity index (χ0) is 50.0. The van der Waals surface area contributed by atoms with Gasteiger partial charge >= 0.3 is 12.2 Å². The molecule has 72 heavy (non-hydrogen) atoms. The minimum Gasteiger partial charge on any atom is -0.453 e. The molecular weight excluding hydrogens is 909 g/mol. The highest BCUT2D eigenvalue weighted by molar-refractivity contribution is 6.09. The van der Waals surface area contributed by atoms with Crippen LogP contribution in [0.1, 0.15) is 107 Å². The van der Waals surface area contributed by atoms with E-state index in [1.807, 2.05) is 73.0 Å². The lowest BCUT2D eigenvalue weighted by molar-refractivity contribution is -0.136. The van der Waals surface area contributed by atoms with Crippen molar-refractivity contribution in [2.24, 2.45) is 17.8 Å². The van der Waals surface area contributed by atoms with Crippen molar-refractivity contribution < 1.29 is 33.4 Å². The van der Waals surface area contributed by atoms with E-state index in [4.69, 9.17) is 24.2 Å². The Balaban J connectivity index is 0.949. The van der Waals surface area contributed by atoms with E-state index in [1.165, 1.54) is 39.9 Å². The molecule has 2 saturated heterocycles. The molecule has 0 unspecified atom stereocenters. The van der Waals surface area contributed by atoms with Gasteiger partial charge in [0.15, 0.2) is 0 Å². The number of H-pyrrole nitrogens is 2. The summed E-state index contributed by atoms with van der Waals surface area (Å²) in [6, 6.07) is 25.9. The molecule has 2 aliphatic heterocycles. The van der Waals surface area contributed by atoms with Crippen molar-refractivity contribution in [3.8, 4) is 23.0 Å². The first-order valence-corrected chi connectivity index (χ1v) is 25.3. The fraction of sp³-hybridized carbons (Fsp3) is 0.404. The van der Waals surface area contributed by atoms with Crippen molar-refractivity contribution in [1.82, 2.24) is 40.4 Å². The van der Waals surface area contributed by atoms with Gasteiger partial charge in [-0.25, -0.2) is 19.6 Å². The number of amides is 4. The maximum Gasteiger partial charge on any atom is 0.407 e. The Morgan fingerprint density at radius 3 is 2.12 bits per heavy atom. The first-order valence-electron chi connectivity index (χ1n) is 25.3. The van der Waals surface area contributed by atoms with Crippen LogP contribution in [0.15, 0.2) is 84.9 Å². The maximum absolute atomic E-state index is 14.7. The van der Waals surface area contributed by atoms with Crippen LogP contribution in [0.4, 0.5) is 9.59 Å². The number of rotatable bonds is 13. The Hall–Kier alpha value is -7.44. The van der Waals surface area contributed by atoms with Gasteiger partial charge in [-0.3, -0.25) is 9.59 Å². The van der Waals surface area contributed by atoms with Gasteiger partial charge in [-0.2, -0.15) is 0 Å². The van der Waals surface area contributed by atoms with E-state index in [1.54, 1.807) is 0 Å². The largest absolute Gasteiger partial charge is 0.453 e. The van der Waals surface area contributed by atoms with Gasteiger partial charge in [0.05, 0.1) is 55.0 Å². The minimum absolute atomic E-state index is 0.0774. The number of benzene rings is 5. The summed E-state index contributed by atoms with van der Waals surface area (Å²) < 4.78 is 16.1. The van der Waals surface area contributed by atoms with Crippen molar-refractivity contribution >= 4 is 67.6 Å². The van der Waals surface area contributed by atoms with Crippen LogP contribution in [-0.4, -0.2) is 100 Å². The molecule has 0 bridgehead atoms. The highest BCUT2D eigenvalue weighted by Crippen LogP contribution is 2.40. The predicted molar refractivity (Wildman–Crippen MR) is 277 cm³/mol. The molecule has 2 aromatic heterocycles. The Kier molecular flexibility index (Phi) is 13.9. The first kappa shape index (κ1) is 48.2. The molecule has 4 heterocycles. The van der Waals surface area contributed by atoms with Crippen LogP contribution in [0.5, 0.6) is 0 Å². The molecule has 4 amide bonds. The minimum atomic E-state index is -0.951. The van der Waals surface area contributed by atoms with Crippen molar-refractivity contribution in [1.29, 1.82) is 0 Å². The molecule has 372 valence electrons. The number of nitrogens with one attached hydrogen (secondary N) is 4. The van der Waals surface area contributed by atoms with Crippen LogP contribution in [-0.2, 0) is 23.8 Å². The molecule has 4 N–H and O–H groups in total. The number of hydrogen-bond acceptors (Lipinski definition) is 9. The van der Waals surface area contributed by atoms with E-state index in [0.29, 0.717) is 49.2 Å². The summed E-state index contributed by atoms with van der Waals surface area (Å²) in [6.45, 7) is 7.93. The number of carbonyl (C=O) groups is 4. The van der Waals surface area contributed by atoms with E-state index in [-0.39, 0.29) is 35.7 Å². The number of nitrogens with zero attached hydrogens (tertiary/aromatic N) is 4. The average Bonchev–Trinajstić information content (AvgIpc) is 4.27. The second-order valence-electron chi connectivity index (χ2n) is 19.9. The quantitative estimate of drug-likeness (QED) is 0.0817. The molecule has 3 fully saturated rings. The Morgan fingerprint density at radius 1 is 0.708 bits per heavy atom. The van der Waals surface area contributed by atoms with Gasteiger partial charge < -0.3 is 44.6 Å². The van der Waals surface area contributed by atoms with Gasteiger partial charge in [-0.1, -0.05) is 93.3 Å². The highest BCUT2D eigenvalue weighted by Gasteiger charge is 2.42. The van der Waals surface area contributed by atoms with E-state index in [0.717, 1.165) is 79.8 Å². The maximum atomic E-state index is 14.7. The summed E-state index contributed by atoms with van der Waals surface area (Å²) in [6.07, 6.45) is 5.80. The SMILES string of the molecule is CC#Cc1cc2[nH]c([C@@H]3CCCN3C(=O)[C@@H](NC(=O)OC)C(C)C)nc2c2ccc(-c3ccc4c(ccc5[nH]c([C@@H]6C[C@H](COCC7CCCC7)CN6C(=O)[C@H](NC(=O)OC)c6ccccc6)nc54)c3)cc12. The van der Waals surface area contributed by atoms with Crippen LogP contribution in [0.25, 0.3) is 54.7 Å². The normalized spacial score (nSPS) is 19.0. The number of methoxy groups -OCH3 is 2. The van der Waals surface area contributed by atoms with E-state index < -0.39 is 24.3 Å². The third-order valence-electron chi connectivity index (χ3n) is 14.9. The van der Waals surface area contributed by atoms with Gasteiger partial charge in [0.2, 0.25) is 5.91 Å². The van der Waals surface area contributed by atoms with Gasteiger partial charge in [-0.15, -0.1) is 5.92 Å². The van der Waals surface area contributed by atoms with Crippen LogP contribution in [0.2, 0.25) is 0 Å². The Labute approximate surface area is 418 Å². The number of imidazole rings is 2. The molecule has 10 rings (SSSR count). The topological polar surface area (TPSA) is 184 Å². The standard InChI is InChI=1S/C57H62N8O7/c1-6-13-39-29-45-51(61-52(59-45)46-18-12-25-64(46)54(66)48(33(2)3)62-56(68)70-4)42-23-20-38(28-43(39)42)37-19-22-41-40(27-37)21-24-44-50(41)60-53(58-44)47-26-35(32-72-31-34-14-10-11-15-34)30-65(47)55(67)49(63-57(69)71-5)36-16-8-7-9-17-36/h7-9,16-17,19-24,27-29,33-35,46-49H,10-12,14-15,18,25-26,30-32H2,1-5H3,(H,58,60)(H,59,61)(H,62,68)(H,63,69)/t35-,46-,47-,48-,49+/m0/s1. The smallest absolute Gasteiger partial charge is 0.407 e. The number of hydrogen-bond donors (Lipinski definition) is 4. The van der Waals surface area contributed by atoms with Crippen LogP contribution in [0, 0.1) is 29.6 Å². The van der Waals surface area contributed by atoms with Gasteiger partial charge in [0.25, 0.3) is 5.91 Å². The summed E-state index contributed by atoms with van der Waals surface area (Å²) in [5, 5.41) is 9.44. The molecule has 15 nitrogen and oxygen atoms in total. The fourth-order valence-electron chi connectivity index (χ4n) is 11.2. The van der Waals surface area contributed by atoms with Crippen molar-refractivity contribution in [2.45, 2.75) is 89.9 Å². The zero-order valence-corrected chi connectivity index (χ0v) is 41.5. The van der Waals surface area contributed by atoms with E-state index >= 15 is 0 Å². The van der Waals surface area contributed by atoms with Crippen molar-refractivity contribution in [3.63, 3.8) is 0 Å². The molecule has 1 aliphatic carbocycles. The number of alkyl carbamates (subject to hydrolysis) is 2. The van der Waals surface area contributed by atoms with E-state index in [2.05, 4.69) is 74.9 Å².